The Balaban J connectivity index is 1.43. The van der Waals surface area contributed by atoms with Crippen LogP contribution in [-0.2, 0) is 6.42 Å². The van der Waals surface area contributed by atoms with E-state index in [4.69, 9.17) is 0 Å². The third-order valence-corrected chi connectivity index (χ3v) is 6.03. The molecule has 0 amide bonds. The molecule has 18 heavy (non-hydrogen) atoms. The zero-order valence-electron chi connectivity index (χ0n) is 11.2. The summed E-state index contributed by atoms with van der Waals surface area (Å²) in [5, 5.41) is 0. The molecule has 0 atom stereocenters. The molecule has 4 aliphatic rings. The highest BCUT2D eigenvalue weighted by Gasteiger charge is 2.47. The maximum atomic E-state index is 2.30. The zero-order valence-corrected chi connectivity index (χ0v) is 11.2. The lowest BCUT2D eigenvalue weighted by molar-refractivity contribution is -0.0394. The number of hydrogen-bond donors (Lipinski definition) is 0. The van der Waals surface area contributed by atoms with Gasteiger partial charge in [0, 0.05) is 0 Å². The van der Waals surface area contributed by atoms with Crippen LogP contribution in [-0.4, -0.2) is 0 Å². The van der Waals surface area contributed by atoms with E-state index in [1.54, 1.807) is 37.7 Å². The van der Waals surface area contributed by atoms with Crippen molar-refractivity contribution in [1.29, 1.82) is 0 Å². The summed E-state index contributed by atoms with van der Waals surface area (Å²) >= 11 is 0. The van der Waals surface area contributed by atoms with E-state index in [9.17, 15) is 0 Å². The Labute approximate surface area is 111 Å². The van der Waals surface area contributed by atoms with E-state index in [-0.39, 0.29) is 0 Å². The Kier molecular flexibility index (Phi) is 2.71. The second-order valence-corrected chi connectivity index (χ2v) is 7.12. The maximum Gasteiger partial charge on any atom is -0.0276 e. The molecule has 0 aliphatic heterocycles. The molecule has 0 heterocycles. The van der Waals surface area contributed by atoms with Crippen LogP contribution in [0.4, 0.5) is 0 Å². The topological polar surface area (TPSA) is 0 Å². The maximum absolute atomic E-state index is 2.30. The van der Waals surface area contributed by atoms with Gasteiger partial charge < -0.3 is 0 Å². The van der Waals surface area contributed by atoms with E-state index < -0.39 is 0 Å². The van der Waals surface area contributed by atoms with Gasteiger partial charge in [-0.25, -0.2) is 0 Å². The van der Waals surface area contributed by atoms with Crippen LogP contribution in [0.1, 0.15) is 44.1 Å². The van der Waals surface area contributed by atoms with Crippen LogP contribution in [0.3, 0.4) is 0 Å². The smallest absolute Gasteiger partial charge is 0.0276 e. The first-order chi connectivity index (χ1) is 8.88. The van der Waals surface area contributed by atoms with Crippen LogP contribution in [0.15, 0.2) is 30.3 Å². The Morgan fingerprint density at radius 3 is 2.00 bits per heavy atom. The van der Waals surface area contributed by atoms with Gasteiger partial charge in [-0.2, -0.15) is 0 Å². The summed E-state index contributed by atoms with van der Waals surface area (Å²) in [5.41, 5.74) is 1.55. The summed E-state index contributed by atoms with van der Waals surface area (Å²) < 4.78 is 0. The Morgan fingerprint density at radius 2 is 1.39 bits per heavy atom. The van der Waals surface area contributed by atoms with Gasteiger partial charge >= 0.3 is 0 Å². The van der Waals surface area contributed by atoms with Crippen LogP contribution in [0, 0.1) is 29.6 Å². The lowest BCUT2D eigenvalue weighted by Gasteiger charge is -2.54. The Bertz CT molecular complexity index is 377. The molecule has 0 unspecified atom stereocenters. The fourth-order valence-corrected chi connectivity index (χ4v) is 5.49. The van der Waals surface area contributed by atoms with Gasteiger partial charge in [-0.1, -0.05) is 30.3 Å². The lowest BCUT2D eigenvalue weighted by atomic mass is 9.51. The number of hydrogen-bond acceptors (Lipinski definition) is 0. The summed E-state index contributed by atoms with van der Waals surface area (Å²) in [4.78, 5) is 0. The molecule has 4 saturated carbocycles. The van der Waals surface area contributed by atoms with E-state index in [0.29, 0.717) is 0 Å². The monoisotopic (exact) mass is 240 g/mol. The molecule has 0 N–H and O–H groups in total. The fraction of sp³-hybridized carbons (Fsp3) is 0.667. The average molecular weight is 240 g/mol. The van der Waals surface area contributed by atoms with Crippen LogP contribution >= 0.6 is 0 Å². The van der Waals surface area contributed by atoms with Crippen molar-refractivity contribution < 1.29 is 0 Å². The molecule has 0 heteroatoms. The first-order valence-corrected chi connectivity index (χ1v) is 7.92. The minimum Gasteiger partial charge on any atom is -0.0622 e. The van der Waals surface area contributed by atoms with Crippen molar-refractivity contribution in [2.75, 3.05) is 0 Å². The van der Waals surface area contributed by atoms with Gasteiger partial charge in [0.1, 0.15) is 0 Å². The number of rotatable bonds is 3. The molecule has 96 valence electrons. The van der Waals surface area contributed by atoms with Gasteiger partial charge in [-0.3, -0.25) is 0 Å². The van der Waals surface area contributed by atoms with Crippen LogP contribution < -0.4 is 0 Å². The second-order valence-electron chi connectivity index (χ2n) is 7.12. The summed E-state index contributed by atoms with van der Waals surface area (Å²) in [7, 11) is 0. The van der Waals surface area contributed by atoms with Crippen LogP contribution in [0.2, 0.25) is 0 Å². The van der Waals surface area contributed by atoms with E-state index in [2.05, 4.69) is 30.3 Å². The summed E-state index contributed by atoms with van der Waals surface area (Å²) in [5.74, 6) is 5.52. The number of benzene rings is 1. The molecule has 0 nitrogen and oxygen atoms in total. The molecule has 5 rings (SSSR count). The van der Waals surface area contributed by atoms with Crippen molar-refractivity contribution in [2.24, 2.45) is 29.6 Å². The summed E-state index contributed by atoms with van der Waals surface area (Å²) in [6.45, 7) is 0. The predicted octanol–water partition coefficient (Wildman–Crippen LogP) is 4.69. The molecule has 0 spiro atoms. The van der Waals surface area contributed by atoms with Gasteiger partial charge in [-0.05, 0) is 80.1 Å². The highest BCUT2D eigenvalue weighted by atomic mass is 14.5. The zero-order chi connectivity index (χ0) is 11.9. The van der Waals surface area contributed by atoms with Crippen molar-refractivity contribution in [2.45, 2.75) is 44.9 Å². The molecule has 1 aromatic rings. The van der Waals surface area contributed by atoms with E-state index in [1.807, 2.05) is 0 Å². The van der Waals surface area contributed by atoms with E-state index in [1.165, 1.54) is 12.8 Å². The average Bonchev–Trinajstić information content (AvgIpc) is 2.38. The van der Waals surface area contributed by atoms with E-state index >= 15 is 0 Å². The molecule has 0 saturated heterocycles. The largest absolute Gasteiger partial charge is 0.0622 e. The molecule has 4 bridgehead atoms. The first kappa shape index (κ1) is 11.1. The molecule has 4 fully saturated rings. The quantitative estimate of drug-likeness (QED) is 0.719. The normalized spacial score (nSPS) is 41.2. The van der Waals surface area contributed by atoms with Gasteiger partial charge in [0.25, 0.3) is 0 Å². The third-order valence-electron chi connectivity index (χ3n) is 6.03. The molecule has 0 radical (unpaired) electrons. The van der Waals surface area contributed by atoms with Gasteiger partial charge in [-0.15, -0.1) is 0 Å². The molecule has 0 aromatic heterocycles. The van der Waals surface area contributed by atoms with Crippen molar-refractivity contribution in [3.8, 4) is 0 Å². The molecular weight excluding hydrogens is 216 g/mol. The second kappa shape index (κ2) is 4.40. The predicted molar refractivity (Wildman–Crippen MR) is 75.3 cm³/mol. The summed E-state index contributed by atoms with van der Waals surface area (Å²) in [6, 6.07) is 11.1. The third kappa shape index (κ3) is 1.90. The fourth-order valence-electron chi connectivity index (χ4n) is 5.49. The van der Waals surface area contributed by atoms with E-state index in [0.717, 1.165) is 29.6 Å². The van der Waals surface area contributed by atoms with Gasteiger partial charge in [0.2, 0.25) is 0 Å². The van der Waals surface area contributed by atoms with Crippen molar-refractivity contribution in [3.05, 3.63) is 35.9 Å². The van der Waals surface area contributed by atoms with Gasteiger partial charge in [0.05, 0.1) is 0 Å². The Hall–Kier alpha value is -0.780. The van der Waals surface area contributed by atoms with Crippen molar-refractivity contribution in [1.82, 2.24) is 0 Å². The highest BCUT2D eigenvalue weighted by molar-refractivity contribution is 5.15. The Morgan fingerprint density at radius 1 is 0.778 bits per heavy atom. The SMILES string of the molecule is c1ccc(CCC2C3CC4CC(C3)CC2C4)cc1. The molecule has 1 aromatic carbocycles. The van der Waals surface area contributed by atoms with Gasteiger partial charge in [0.15, 0.2) is 0 Å². The molecular formula is C18H24. The summed E-state index contributed by atoms with van der Waals surface area (Å²) in [6.07, 6.45) is 10.7. The molecule has 4 aliphatic carbocycles. The van der Waals surface area contributed by atoms with Crippen molar-refractivity contribution in [3.63, 3.8) is 0 Å². The first-order valence-electron chi connectivity index (χ1n) is 7.92. The minimum absolute atomic E-state index is 1.07. The number of aryl methyl sites for hydroxylation is 1. The van der Waals surface area contributed by atoms with Crippen molar-refractivity contribution >= 4 is 0 Å². The standard InChI is InChI=1S/C18H24/c1-2-4-13(5-3-1)6-7-18-16-9-14-8-15(11-16)12-17(18)10-14/h1-5,14-18H,6-12H2. The lowest BCUT2D eigenvalue weighted by Crippen LogP contribution is -2.45. The minimum atomic E-state index is 1.07. The van der Waals surface area contributed by atoms with Crippen LogP contribution in [0.25, 0.3) is 0 Å². The highest BCUT2D eigenvalue weighted by Crippen LogP contribution is 2.57. The van der Waals surface area contributed by atoms with Crippen LogP contribution in [0.5, 0.6) is 0 Å².